The third-order valence-electron chi connectivity index (χ3n) is 4.61. The van der Waals surface area contributed by atoms with Crippen LogP contribution in [0.25, 0.3) is 5.69 Å². The van der Waals surface area contributed by atoms with E-state index in [1.165, 1.54) is 16.3 Å². The fourth-order valence-electron chi connectivity index (χ4n) is 3.18. The molecule has 0 atom stereocenters. The van der Waals surface area contributed by atoms with Gasteiger partial charge in [-0.3, -0.25) is 14.2 Å². The number of fused-ring (bicyclic) bond motifs is 1. The van der Waals surface area contributed by atoms with Crippen molar-refractivity contribution >= 4 is 35.1 Å². The molecule has 6 nitrogen and oxygen atoms in total. The van der Waals surface area contributed by atoms with Crippen molar-refractivity contribution in [1.82, 2.24) is 9.55 Å². The van der Waals surface area contributed by atoms with E-state index in [0.717, 1.165) is 35.3 Å². The summed E-state index contributed by atoms with van der Waals surface area (Å²) in [5, 5.41) is 2.79. The van der Waals surface area contributed by atoms with Crippen LogP contribution in [0.1, 0.15) is 12.6 Å². The number of rotatable bonds is 7. The topological polar surface area (TPSA) is 73.2 Å². The molecule has 3 aromatic rings. The van der Waals surface area contributed by atoms with E-state index in [4.69, 9.17) is 4.74 Å². The minimum Gasteiger partial charge on any atom is -0.494 e. The molecule has 4 rings (SSSR count). The molecule has 1 N–H and O–H groups in total. The number of aromatic nitrogens is 2. The maximum Gasteiger partial charge on any atom is 0.272 e. The van der Waals surface area contributed by atoms with Crippen molar-refractivity contribution in [2.75, 3.05) is 23.4 Å². The molecular weight excluding hydrogens is 456 g/mol. The number of amides is 1. The first kappa shape index (κ1) is 22.3. The van der Waals surface area contributed by atoms with Gasteiger partial charge in [-0.05, 0) is 43.3 Å². The fourth-order valence-corrected chi connectivity index (χ4v) is 5.04. The molecule has 166 valence electrons. The molecule has 0 unspecified atom stereocenters. The number of benzene rings is 2. The van der Waals surface area contributed by atoms with E-state index >= 15 is 0 Å². The Labute approximate surface area is 191 Å². The number of nitrogens with one attached hydrogen (secondary N) is 1. The van der Waals surface area contributed by atoms with Gasteiger partial charge in [-0.15, -0.1) is 11.8 Å². The lowest BCUT2D eigenvalue weighted by Crippen LogP contribution is -2.24. The molecule has 0 saturated heterocycles. The molecule has 0 fully saturated rings. The molecule has 0 bridgehead atoms. The third-order valence-corrected chi connectivity index (χ3v) is 6.66. The number of carbonyl (C=O) groups is 1. The van der Waals surface area contributed by atoms with Gasteiger partial charge in [0.1, 0.15) is 17.4 Å². The van der Waals surface area contributed by atoms with Gasteiger partial charge in [0.25, 0.3) is 5.56 Å². The normalized spacial score (nSPS) is 12.5. The van der Waals surface area contributed by atoms with E-state index in [9.17, 15) is 18.4 Å². The first-order chi connectivity index (χ1) is 15.5. The van der Waals surface area contributed by atoms with Crippen LogP contribution in [-0.4, -0.2) is 33.6 Å². The number of hydrogen-bond acceptors (Lipinski definition) is 6. The summed E-state index contributed by atoms with van der Waals surface area (Å²) in [6.45, 7) is 2.42. The predicted octanol–water partition coefficient (Wildman–Crippen LogP) is 4.29. The summed E-state index contributed by atoms with van der Waals surface area (Å²) < 4.78 is 33.8. The number of hydrogen-bond donors (Lipinski definition) is 1. The lowest BCUT2D eigenvalue weighted by molar-refractivity contribution is -0.113. The SMILES string of the molecule is CCOc1ccc(-n2c(SCC(=O)Nc3ccc(F)cc3F)nc3c(c2=O)SCC3)cc1. The number of anilines is 1. The minimum absolute atomic E-state index is 0.105. The summed E-state index contributed by atoms with van der Waals surface area (Å²) in [6.07, 6.45) is 0.680. The van der Waals surface area contributed by atoms with Crippen molar-refractivity contribution in [3.05, 3.63) is 70.1 Å². The van der Waals surface area contributed by atoms with Crippen molar-refractivity contribution in [3.8, 4) is 11.4 Å². The predicted molar refractivity (Wildman–Crippen MR) is 121 cm³/mol. The fraction of sp³-hybridized carbons (Fsp3) is 0.227. The molecule has 0 spiro atoms. The first-order valence-electron chi connectivity index (χ1n) is 9.86. The summed E-state index contributed by atoms with van der Waals surface area (Å²) >= 11 is 2.55. The molecule has 32 heavy (non-hydrogen) atoms. The molecule has 1 aromatic heterocycles. The molecule has 1 aliphatic rings. The van der Waals surface area contributed by atoms with Gasteiger partial charge in [-0.1, -0.05) is 11.8 Å². The van der Waals surface area contributed by atoms with E-state index in [1.807, 2.05) is 6.92 Å². The highest BCUT2D eigenvalue weighted by atomic mass is 32.2. The first-order valence-corrected chi connectivity index (χ1v) is 11.8. The molecule has 0 radical (unpaired) electrons. The maximum atomic E-state index is 13.8. The van der Waals surface area contributed by atoms with E-state index in [2.05, 4.69) is 10.3 Å². The number of nitrogens with zero attached hydrogens (tertiary/aromatic N) is 2. The summed E-state index contributed by atoms with van der Waals surface area (Å²) in [6, 6.07) is 9.99. The lowest BCUT2D eigenvalue weighted by atomic mass is 10.3. The summed E-state index contributed by atoms with van der Waals surface area (Å²) in [5.41, 5.74) is 1.02. The highest BCUT2D eigenvalue weighted by Crippen LogP contribution is 2.30. The maximum absolute atomic E-state index is 13.8. The number of aryl methyl sites for hydroxylation is 1. The monoisotopic (exact) mass is 475 g/mol. The van der Waals surface area contributed by atoms with Crippen LogP contribution in [0.5, 0.6) is 5.75 Å². The Balaban J connectivity index is 1.59. The Hall–Kier alpha value is -2.85. The van der Waals surface area contributed by atoms with Crippen molar-refractivity contribution in [2.45, 2.75) is 23.4 Å². The van der Waals surface area contributed by atoms with Crippen LogP contribution in [0.4, 0.5) is 14.5 Å². The lowest BCUT2D eigenvalue weighted by Gasteiger charge is -2.14. The van der Waals surface area contributed by atoms with Crippen molar-refractivity contribution in [3.63, 3.8) is 0 Å². The Morgan fingerprint density at radius 3 is 2.75 bits per heavy atom. The Bertz CT molecular complexity index is 1220. The highest BCUT2D eigenvalue weighted by molar-refractivity contribution is 8.00. The number of carbonyl (C=O) groups excluding carboxylic acids is 1. The molecule has 0 saturated carbocycles. The van der Waals surface area contributed by atoms with Crippen LogP contribution >= 0.6 is 23.5 Å². The van der Waals surface area contributed by atoms with Gasteiger partial charge < -0.3 is 10.1 Å². The van der Waals surface area contributed by atoms with E-state index in [-0.39, 0.29) is 17.0 Å². The molecule has 0 aliphatic carbocycles. The second kappa shape index (κ2) is 9.74. The highest BCUT2D eigenvalue weighted by Gasteiger charge is 2.23. The van der Waals surface area contributed by atoms with Gasteiger partial charge in [0, 0.05) is 18.2 Å². The Kier molecular flexibility index (Phi) is 6.80. The van der Waals surface area contributed by atoms with Crippen LogP contribution in [0.3, 0.4) is 0 Å². The largest absolute Gasteiger partial charge is 0.494 e. The number of thioether (sulfide) groups is 2. The molecular formula is C22H19F2N3O3S2. The molecule has 10 heteroatoms. The number of halogens is 2. The van der Waals surface area contributed by atoms with Crippen LogP contribution in [0.15, 0.2) is 57.3 Å². The standard InChI is InChI=1S/C22H19F2N3O3S2/c1-2-30-15-6-4-14(5-7-15)27-21(29)20-18(9-10-31-20)26-22(27)32-12-19(28)25-17-8-3-13(23)11-16(17)24/h3-8,11H,2,9-10,12H2,1H3,(H,25,28). The van der Waals surface area contributed by atoms with Gasteiger partial charge in [-0.25, -0.2) is 13.8 Å². The average molecular weight is 476 g/mol. The Morgan fingerprint density at radius 2 is 2.03 bits per heavy atom. The van der Waals surface area contributed by atoms with Gasteiger partial charge in [-0.2, -0.15) is 0 Å². The zero-order valence-corrected chi connectivity index (χ0v) is 18.7. The number of ether oxygens (including phenoxy) is 1. The van der Waals surface area contributed by atoms with Crippen LogP contribution in [-0.2, 0) is 11.2 Å². The summed E-state index contributed by atoms with van der Waals surface area (Å²) in [4.78, 5) is 30.8. The second-order valence-corrected chi connectivity index (χ2v) is 8.84. The average Bonchev–Trinajstić information content (AvgIpc) is 3.24. The molecule has 2 heterocycles. The molecule has 2 aromatic carbocycles. The van der Waals surface area contributed by atoms with Crippen LogP contribution < -0.4 is 15.6 Å². The van der Waals surface area contributed by atoms with Crippen LogP contribution in [0, 0.1) is 11.6 Å². The summed E-state index contributed by atoms with van der Waals surface area (Å²) in [7, 11) is 0. The van der Waals surface area contributed by atoms with E-state index in [1.54, 1.807) is 24.3 Å². The van der Waals surface area contributed by atoms with Crippen LogP contribution in [0.2, 0.25) is 0 Å². The van der Waals surface area contributed by atoms with Gasteiger partial charge in [0.2, 0.25) is 5.91 Å². The third kappa shape index (κ3) is 4.81. The Morgan fingerprint density at radius 1 is 1.25 bits per heavy atom. The van der Waals surface area contributed by atoms with Gasteiger partial charge >= 0.3 is 0 Å². The minimum atomic E-state index is -0.859. The van der Waals surface area contributed by atoms with Gasteiger partial charge in [0.15, 0.2) is 5.16 Å². The van der Waals surface area contributed by atoms with Crippen molar-refractivity contribution in [1.29, 1.82) is 0 Å². The molecule has 1 amide bonds. The summed E-state index contributed by atoms with van der Waals surface area (Å²) in [5.74, 6) is -0.728. The quantitative estimate of drug-likeness (QED) is 0.406. The van der Waals surface area contributed by atoms with Gasteiger partial charge in [0.05, 0.1) is 34.3 Å². The smallest absolute Gasteiger partial charge is 0.272 e. The van der Waals surface area contributed by atoms with Crippen molar-refractivity contribution < 1.29 is 18.3 Å². The zero-order chi connectivity index (χ0) is 22.7. The van der Waals surface area contributed by atoms with E-state index < -0.39 is 17.5 Å². The van der Waals surface area contributed by atoms with Crippen molar-refractivity contribution in [2.24, 2.45) is 0 Å². The zero-order valence-electron chi connectivity index (χ0n) is 17.1. The van der Waals surface area contributed by atoms with E-state index in [0.29, 0.717) is 40.6 Å². The molecule has 1 aliphatic heterocycles. The second-order valence-electron chi connectivity index (χ2n) is 6.80.